The van der Waals surface area contributed by atoms with E-state index in [1.54, 1.807) is 6.92 Å². The van der Waals surface area contributed by atoms with Crippen molar-refractivity contribution in [1.82, 2.24) is 5.32 Å². The van der Waals surface area contributed by atoms with E-state index in [0.717, 1.165) is 5.56 Å². The van der Waals surface area contributed by atoms with Crippen molar-refractivity contribution in [3.63, 3.8) is 0 Å². The van der Waals surface area contributed by atoms with Gasteiger partial charge in [0.2, 0.25) is 5.91 Å². The number of carboxylic acid groups (broad SMARTS) is 1. The van der Waals surface area contributed by atoms with Crippen molar-refractivity contribution >= 4 is 11.9 Å². The number of benzene rings is 1. The number of rotatable bonds is 4. The molecule has 1 amide bonds. The molecule has 0 saturated heterocycles. The molecule has 0 aliphatic rings. The minimum absolute atomic E-state index is 0.0937. The van der Waals surface area contributed by atoms with Gasteiger partial charge in [0.05, 0.1) is 0 Å². The summed E-state index contributed by atoms with van der Waals surface area (Å²) in [6, 6.07) is 9.78. The maximum absolute atomic E-state index is 11.1. The fraction of sp³-hybridized carbons (Fsp3) is 0.200. The maximum atomic E-state index is 11.1. The highest BCUT2D eigenvalue weighted by atomic mass is 16.4. The molecule has 0 radical (unpaired) electrons. The Bertz CT molecular complexity index is 452. The molecule has 1 aromatic carbocycles. The van der Waals surface area contributed by atoms with Crippen molar-refractivity contribution in [3.05, 3.63) is 60.2 Å². The highest BCUT2D eigenvalue weighted by molar-refractivity contribution is 5.92. The van der Waals surface area contributed by atoms with Crippen LogP contribution in [0, 0.1) is 0 Å². The first-order valence-electron chi connectivity index (χ1n) is 5.71. The van der Waals surface area contributed by atoms with Gasteiger partial charge in [0.1, 0.15) is 0 Å². The van der Waals surface area contributed by atoms with Crippen LogP contribution in [-0.2, 0) is 16.1 Å². The molecule has 2 N–H and O–H groups in total. The van der Waals surface area contributed by atoms with Gasteiger partial charge < -0.3 is 10.4 Å². The van der Waals surface area contributed by atoms with Crippen molar-refractivity contribution in [2.75, 3.05) is 0 Å². The number of hydrogen-bond acceptors (Lipinski definition) is 2. The Balaban J connectivity index is 0.000000459. The van der Waals surface area contributed by atoms with Gasteiger partial charge in [-0.2, -0.15) is 0 Å². The summed E-state index contributed by atoms with van der Waals surface area (Å²) >= 11 is 0. The zero-order valence-electron chi connectivity index (χ0n) is 11.3. The molecule has 0 unspecified atom stereocenters. The summed E-state index contributed by atoms with van der Waals surface area (Å²) in [4.78, 5) is 20.7. The molecule has 102 valence electrons. The molecule has 0 heterocycles. The Morgan fingerprint density at radius 3 is 1.95 bits per heavy atom. The highest BCUT2D eigenvalue weighted by Gasteiger charge is 1.99. The van der Waals surface area contributed by atoms with Gasteiger partial charge in [-0.25, -0.2) is 4.79 Å². The lowest BCUT2D eigenvalue weighted by Gasteiger charge is -2.03. The Labute approximate surface area is 113 Å². The van der Waals surface area contributed by atoms with E-state index in [2.05, 4.69) is 18.5 Å². The van der Waals surface area contributed by atoms with E-state index in [4.69, 9.17) is 5.11 Å². The molecule has 1 aromatic rings. The van der Waals surface area contributed by atoms with Crippen LogP contribution in [0.4, 0.5) is 0 Å². The molecule has 0 fully saturated rings. The van der Waals surface area contributed by atoms with Gasteiger partial charge in [0.25, 0.3) is 0 Å². The smallest absolute Gasteiger partial charge is 0.330 e. The van der Waals surface area contributed by atoms with Crippen molar-refractivity contribution in [1.29, 1.82) is 0 Å². The van der Waals surface area contributed by atoms with Gasteiger partial charge in [0.15, 0.2) is 0 Å². The number of nitrogens with one attached hydrogen (secondary N) is 1. The van der Waals surface area contributed by atoms with Crippen LogP contribution in [0.5, 0.6) is 0 Å². The van der Waals surface area contributed by atoms with E-state index in [9.17, 15) is 9.59 Å². The molecular weight excluding hydrogens is 242 g/mol. The summed E-state index contributed by atoms with van der Waals surface area (Å²) in [5, 5.41) is 10.7. The molecule has 4 nitrogen and oxygen atoms in total. The van der Waals surface area contributed by atoms with Crippen LogP contribution in [0.3, 0.4) is 0 Å². The maximum Gasteiger partial charge on any atom is 0.330 e. The van der Waals surface area contributed by atoms with E-state index in [1.165, 1.54) is 6.92 Å². The number of aliphatic carboxylic acids is 1. The van der Waals surface area contributed by atoms with Crippen LogP contribution in [0.15, 0.2) is 54.6 Å². The summed E-state index contributed by atoms with van der Waals surface area (Å²) in [5.41, 5.74) is 1.81. The first-order chi connectivity index (χ1) is 8.84. The molecule has 0 aliphatic carbocycles. The predicted molar refractivity (Wildman–Crippen MR) is 75.6 cm³/mol. The van der Waals surface area contributed by atoms with Gasteiger partial charge in [-0.05, 0) is 19.4 Å². The molecule has 0 aromatic heterocycles. The van der Waals surface area contributed by atoms with E-state index in [-0.39, 0.29) is 11.5 Å². The molecule has 19 heavy (non-hydrogen) atoms. The summed E-state index contributed by atoms with van der Waals surface area (Å²) in [5.74, 6) is -1.03. The van der Waals surface area contributed by atoms with E-state index in [1.807, 2.05) is 30.3 Å². The first-order valence-corrected chi connectivity index (χ1v) is 5.71. The monoisotopic (exact) mass is 261 g/mol. The average Bonchev–Trinajstić information content (AvgIpc) is 2.37. The van der Waals surface area contributed by atoms with Crippen LogP contribution < -0.4 is 5.32 Å². The van der Waals surface area contributed by atoms with Crippen LogP contribution in [0.25, 0.3) is 0 Å². The number of hydrogen-bond donors (Lipinski definition) is 2. The zero-order chi connectivity index (χ0) is 14.8. The van der Waals surface area contributed by atoms with Gasteiger partial charge in [-0.3, -0.25) is 4.79 Å². The molecule has 0 bridgehead atoms. The predicted octanol–water partition coefficient (Wildman–Crippen LogP) is 2.53. The third kappa shape index (κ3) is 8.37. The fourth-order valence-electron chi connectivity index (χ4n) is 0.929. The largest absolute Gasteiger partial charge is 0.478 e. The van der Waals surface area contributed by atoms with Gasteiger partial charge in [0, 0.05) is 17.7 Å². The third-order valence-corrected chi connectivity index (χ3v) is 2.05. The Morgan fingerprint density at radius 2 is 1.58 bits per heavy atom. The summed E-state index contributed by atoms with van der Waals surface area (Å²) < 4.78 is 0. The lowest BCUT2D eigenvalue weighted by molar-refractivity contribution is -0.132. The second-order valence-corrected chi connectivity index (χ2v) is 4.03. The Morgan fingerprint density at radius 1 is 1.11 bits per heavy atom. The summed E-state index contributed by atoms with van der Waals surface area (Å²) in [6.07, 6.45) is 0. The molecule has 1 rings (SSSR count). The lowest BCUT2D eigenvalue weighted by atomic mass is 10.2. The second-order valence-electron chi connectivity index (χ2n) is 4.03. The van der Waals surface area contributed by atoms with Crippen molar-refractivity contribution < 1.29 is 14.7 Å². The number of carbonyl (C=O) groups excluding carboxylic acids is 1. The molecule has 0 saturated carbocycles. The van der Waals surface area contributed by atoms with Crippen LogP contribution in [0.2, 0.25) is 0 Å². The highest BCUT2D eigenvalue weighted by Crippen LogP contribution is 1.97. The molecular formula is C15H19NO3. The molecule has 0 aliphatic heterocycles. The third-order valence-electron chi connectivity index (χ3n) is 2.05. The van der Waals surface area contributed by atoms with E-state index >= 15 is 0 Å². The van der Waals surface area contributed by atoms with Crippen LogP contribution in [-0.4, -0.2) is 17.0 Å². The number of amides is 1. The SMILES string of the molecule is C=C(C)C(=O)NCc1ccccc1.C=C(C)C(=O)O. The Hall–Kier alpha value is -2.36. The molecule has 0 spiro atoms. The normalized spacial score (nSPS) is 8.74. The van der Waals surface area contributed by atoms with E-state index in [0.29, 0.717) is 12.1 Å². The lowest BCUT2D eigenvalue weighted by Crippen LogP contribution is -2.22. The number of carbonyl (C=O) groups is 2. The van der Waals surface area contributed by atoms with Crippen molar-refractivity contribution in [3.8, 4) is 0 Å². The fourth-order valence-corrected chi connectivity index (χ4v) is 0.929. The first kappa shape index (κ1) is 16.6. The van der Waals surface area contributed by atoms with Crippen molar-refractivity contribution in [2.45, 2.75) is 20.4 Å². The van der Waals surface area contributed by atoms with Gasteiger partial charge in [-0.15, -0.1) is 0 Å². The van der Waals surface area contributed by atoms with Crippen LogP contribution in [0.1, 0.15) is 19.4 Å². The zero-order valence-corrected chi connectivity index (χ0v) is 11.3. The topological polar surface area (TPSA) is 66.4 Å². The van der Waals surface area contributed by atoms with Crippen LogP contribution >= 0.6 is 0 Å². The van der Waals surface area contributed by atoms with Gasteiger partial charge >= 0.3 is 5.97 Å². The molecule has 0 atom stereocenters. The van der Waals surface area contributed by atoms with Crippen molar-refractivity contribution in [2.24, 2.45) is 0 Å². The minimum atomic E-state index is -0.935. The number of carboxylic acids is 1. The standard InChI is InChI=1S/C11H13NO.C4H6O2/c1-9(2)11(13)12-8-10-6-4-3-5-7-10;1-3(2)4(5)6/h3-7H,1,8H2,2H3,(H,12,13);1H2,2H3,(H,5,6). The Kier molecular flexibility index (Phi) is 7.61. The summed E-state index contributed by atoms with van der Waals surface area (Å²) in [6.45, 7) is 10.4. The van der Waals surface area contributed by atoms with E-state index < -0.39 is 5.97 Å². The quantitative estimate of drug-likeness (QED) is 0.818. The second kappa shape index (κ2) is 8.69. The van der Waals surface area contributed by atoms with Gasteiger partial charge in [-0.1, -0.05) is 43.5 Å². The summed E-state index contributed by atoms with van der Waals surface area (Å²) in [7, 11) is 0. The minimum Gasteiger partial charge on any atom is -0.478 e. The average molecular weight is 261 g/mol. The molecule has 4 heteroatoms.